The van der Waals surface area contributed by atoms with E-state index in [2.05, 4.69) is 25.4 Å². The van der Waals surface area contributed by atoms with Crippen LogP contribution >= 0.6 is 23.1 Å². The van der Waals surface area contributed by atoms with Crippen molar-refractivity contribution in [1.82, 2.24) is 24.7 Å². The smallest absolute Gasteiger partial charge is 0.255 e. The summed E-state index contributed by atoms with van der Waals surface area (Å²) in [7, 11) is 0. The number of hydrogen-bond donors (Lipinski definition) is 1. The first-order valence-electron chi connectivity index (χ1n) is 7.30. The molecule has 1 N–H and O–H groups in total. The van der Waals surface area contributed by atoms with E-state index in [0.29, 0.717) is 11.4 Å². The van der Waals surface area contributed by atoms with Crippen LogP contribution in [-0.2, 0) is 0 Å². The molecular weight excluding hydrogens is 356 g/mol. The maximum absolute atomic E-state index is 12.5. The van der Waals surface area contributed by atoms with Gasteiger partial charge in [0, 0.05) is 17.4 Å². The zero-order valence-corrected chi connectivity index (χ0v) is 14.7. The van der Waals surface area contributed by atoms with Crippen molar-refractivity contribution in [3.05, 3.63) is 54.7 Å². The molecule has 0 unspecified atom stereocenters. The van der Waals surface area contributed by atoms with Gasteiger partial charge in [-0.15, -0.1) is 11.3 Å². The highest BCUT2D eigenvalue weighted by molar-refractivity contribution is 8.00. The third-order valence-corrected chi connectivity index (χ3v) is 5.47. The average molecular weight is 368 g/mol. The number of hydrogen-bond acceptors (Lipinski definition) is 7. The summed E-state index contributed by atoms with van der Waals surface area (Å²) in [6.07, 6.45) is 6.52. The first-order chi connectivity index (χ1) is 12.2. The minimum absolute atomic E-state index is 0.210. The van der Waals surface area contributed by atoms with Gasteiger partial charge in [-0.25, -0.2) is 19.6 Å². The Hall–Kier alpha value is -2.78. The van der Waals surface area contributed by atoms with E-state index in [9.17, 15) is 4.79 Å². The Morgan fingerprint density at radius 2 is 2.20 bits per heavy atom. The second-order valence-corrected chi connectivity index (χ2v) is 7.15. The van der Waals surface area contributed by atoms with Gasteiger partial charge in [0.25, 0.3) is 5.91 Å². The molecule has 4 rings (SSSR count). The zero-order valence-electron chi connectivity index (χ0n) is 13.1. The maximum Gasteiger partial charge on any atom is 0.255 e. The Labute approximate surface area is 151 Å². The normalized spacial score (nSPS) is 10.9. The fourth-order valence-electron chi connectivity index (χ4n) is 2.28. The number of nitrogens with zero attached hydrogens (tertiary/aromatic N) is 5. The Balaban J connectivity index is 1.58. The van der Waals surface area contributed by atoms with E-state index >= 15 is 0 Å². The monoisotopic (exact) mass is 368 g/mol. The maximum atomic E-state index is 12.5. The van der Waals surface area contributed by atoms with E-state index in [1.165, 1.54) is 17.3 Å². The van der Waals surface area contributed by atoms with Crippen molar-refractivity contribution in [2.45, 2.75) is 4.34 Å². The highest BCUT2D eigenvalue weighted by atomic mass is 32.2. The Bertz CT molecular complexity index is 1040. The number of nitrogens with one attached hydrogen (secondary N) is 1. The molecule has 0 radical (unpaired) electrons. The van der Waals surface area contributed by atoms with E-state index < -0.39 is 0 Å². The quantitative estimate of drug-likeness (QED) is 0.557. The Morgan fingerprint density at radius 1 is 1.28 bits per heavy atom. The summed E-state index contributed by atoms with van der Waals surface area (Å²) in [6.45, 7) is 0. The van der Waals surface area contributed by atoms with Crippen LogP contribution in [0.4, 0.5) is 5.69 Å². The number of amides is 1. The van der Waals surface area contributed by atoms with Crippen LogP contribution in [0.2, 0.25) is 0 Å². The molecule has 0 aliphatic carbocycles. The second kappa shape index (κ2) is 6.61. The third kappa shape index (κ3) is 3.24. The van der Waals surface area contributed by atoms with E-state index in [1.807, 2.05) is 24.5 Å². The minimum atomic E-state index is -0.210. The molecule has 0 saturated carbocycles. The van der Waals surface area contributed by atoms with Crippen LogP contribution in [0.25, 0.3) is 16.0 Å². The number of pyridine rings is 1. The number of thioether (sulfide) groups is 1. The van der Waals surface area contributed by atoms with E-state index in [1.54, 1.807) is 41.4 Å². The number of benzene rings is 1. The summed E-state index contributed by atoms with van der Waals surface area (Å²) >= 11 is 3.22. The van der Waals surface area contributed by atoms with Gasteiger partial charge >= 0.3 is 0 Å². The van der Waals surface area contributed by atoms with Gasteiger partial charge in [-0.2, -0.15) is 5.10 Å². The topological polar surface area (TPSA) is 85.6 Å². The molecule has 4 aromatic rings. The second-order valence-electron chi connectivity index (χ2n) is 5.06. The van der Waals surface area contributed by atoms with E-state index in [0.717, 1.165) is 20.2 Å². The van der Waals surface area contributed by atoms with Crippen LogP contribution in [0, 0.1) is 0 Å². The van der Waals surface area contributed by atoms with Crippen LogP contribution in [-0.4, -0.2) is 36.9 Å². The van der Waals surface area contributed by atoms with Gasteiger partial charge in [0.05, 0.1) is 10.2 Å². The van der Waals surface area contributed by atoms with Crippen molar-refractivity contribution >= 4 is 44.9 Å². The molecule has 124 valence electrons. The summed E-state index contributed by atoms with van der Waals surface area (Å²) in [5.74, 6) is 0.324. The number of carbonyl (C=O) groups is 1. The SMILES string of the molecule is CSc1nc2ccc(NC(=O)c3ccnc(-n4cncn4)c3)cc2s1. The fraction of sp³-hybridized carbons (Fsp3) is 0.0625. The van der Waals surface area contributed by atoms with Gasteiger partial charge in [-0.3, -0.25) is 4.79 Å². The van der Waals surface area contributed by atoms with Crippen LogP contribution in [0.5, 0.6) is 0 Å². The average Bonchev–Trinajstić information content (AvgIpc) is 3.31. The predicted octanol–water partition coefficient (Wildman–Crippen LogP) is 3.25. The van der Waals surface area contributed by atoms with Crippen molar-refractivity contribution in [2.75, 3.05) is 11.6 Å². The number of aromatic nitrogens is 5. The van der Waals surface area contributed by atoms with E-state index in [-0.39, 0.29) is 5.91 Å². The van der Waals surface area contributed by atoms with Crippen molar-refractivity contribution in [2.24, 2.45) is 0 Å². The Morgan fingerprint density at radius 3 is 3.00 bits per heavy atom. The van der Waals surface area contributed by atoms with Gasteiger partial charge < -0.3 is 5.32 Å². The standard InChI is InChI=1S/C16H12N6OS2/c1-24-16-21-12-3-2-11(7-13(12)25-16)20-15(23)10-4-5-18-14(6-10)22-9-17-8-19-22/h2-9H,1H3,(H,20,23). The number of rotatable bonds is 4. The molecule has 0 aliphatic rings. The molecule has 9 heteroatoms. The summed E-state index contributed by atoms with van der Waals surface area (Å²) in [6, 6.07) is 9.02. The number of carbonyl (C=O) groups excluding carboxylic acids is 1. The van der Waals surface area contributed by atoms with Gasteiger partial charge in [-0.1, -0.05) is 11.8 Å². The fourth-order valence-corrected chi connectivity index (χ4v) is 3.81. The molecule has 0 spiro atoms. The number of thiazole rings is 1. The minimum Gasteiger partial charge on any atom is -0.322 e. The molecule has 3 heterocycles. The lowest BCUT2D eigenvalue weighted by Crippen LogP contribution is -2.13. The molecule has 25 heavy (non-hydrogen) atoms. The van der Waals surface area contributed by atoms with Crippen molar-refractivity contribution in [3.63, 3.8) is 0 Å². The summed E-state index contributed by atoms with van der Waals surface area (Å²) in [4.78, 5) is 25.1. The molecule has 1 amide bonds. The van der Waals surface area contributed by atoms with Crippen LogP contribution in [0.1, 0.15) is 10.4 Å². The first kappa shape index (κ1) is 15.7. The number of anilines is 1. The van der Waals surface area contributed by atoms with Gasteiger partial charge in [0.2, 0.25) is 0 Å². The van der Waals surface area contributed by atoms with Crippen molar-refractivity contribution in [3.8, 4) is 5.82 Å². The van der Waals surface area contributed by atoms with Crippen molar-refractivity contribution in [1.29, 1.82) is 0 Å². The third-order valence-electron chi connectivity index (χ3n) is 3.46. The lowest BCUT2D eigenvalue weighted by Gasteiger charge is -2.06. The van der Waals surface area contributed by atoms with Crippen LogP contribution in [0.15, 0.2) is 53.5 Å². The molecule has 7 nitrogen and oxygen atoms in total. The molecule has 0 aliphatic heterocycles. The summed E-state index contributed by atoms with van der Waals surface area (Å²) in [5, 5.41) is 6.93. The lowest BCUT2D eigenvalue weighted by atomic mass is 10.2. The molecule has 0 saturated heterocycles. The van der Waals surface area contributed by atoms with Crippen LogP contribution < -0.4 is 5.32 Å². The molecule has 0 bridgehead atoms. The lowest BCUT2D eigenvalue weighted by molar-refractivity contribution is 0.102. The first-order valence-corrected chi connectivity index (χ1v) is 9.34. The molecule has 3 aromatic heterocycles. The van der Waals surface area contributed by atoms with E-state index in [4.69, 9.17) is 0 Å². The predicted molar refractivity (Wildman–Crippen MR) is 98.5 cm³/mol. The Kier molecular flexibility index (Phi) is 4.16. The van der Waals surface area contributed by atoms with Gasteiger partial charge in [-0.05, 0) is 36.6 Å². The zero-order chi connectivity index (χ0) is 17.2. The molecule has 0 fully saturated rings. The summed E-state index contributed by atoms with van der Waals surface area (Å²) < 4.78 is 3.55. The van der Waals surface area contributed by atoms with Gasteiger partial charge in [0.15, 0.2) is 10.2 Å². The number of fused-ring (bicyclic) bond motifs is 1. The molecule has 0 atom stereocenters. The highest BCUT2D eigenvalue weighted by Crippen LogP contribution is 2.30. The molecular formula is C16H12N6OS2. The summed E-state index contributed by atoms with van der Waals surface area (Å²) in [5.41, 5.74) is 2.16. The largest absolute Gasteiger partial charge is 0.322 e. The highest BCUT2D eigenvalue weighted by Gasteiger charge is 2.10. The van der Waals surface area contributed by atoms with Gasteiger partial charge in [0.1, 0.15) is 12.7 Å². The van der Waals surface area contributed by atoms with Crippen LogP contribution in [0.3, 0.4) is 0 Å². The van der Waals surface area contributed by atoms with Crippen molar-refractivity contribution < 1.29 is 4.79 Å². The molecule has 1 aromatic carbocycles.